The molecule has 0 amide bonds. The van der Waals surface area contributed by atoms with Gasteiger partial charge in [-0.1, -0.05) is 42.5 Å². The smallest absolute Gasteiger partial charge is 0.128 e. The Balaban J connectivity index is 1.30. The topological polar surface area (TPSA) is 40.2 Å². The van der Waals surface area contributed by atoms with Gasteiger partial charge in [0.15, 0.2) is 0 Å². The number of hydrogen-bond donors (Lipinski definition) is 2. The van der Waals surface area contributed by atoms with Gasteiger partial charge in [-0.15, -0.1) is 0 Å². The molecule has 0 radical (unpaired) electrons. The molecule has 1 saturated carbocycles. The molecule has 3 aromatic rings. The lowest BCUT2D eigenvalue weighted by molar-refractivity contribution is 0.324. The molecule has 1 aliphatic rings. The molecule has 4 rings (SSSR count). The molecule has 158 valence electrons. The summed E-state index contributed by atoms with van der Waals surface area (Å²) in [5.41, 5.74) is 5.06. The molecule has 0 bridgehead atoms. The lowest BCUT2D eigenvalue weighted by Gasteiger charge is -2.30. The van der Waals surface area contributed by atoms with Crippen LogP contribution in [0.3, 0.4) is 0 Å². The number of fused-ring (bicyclic) bond motifs is 1. The number of nitrogens with zero attached hydrogens (tertiary/aromatic N) is 2. The van der Waals surface area contributed by atoms with Crippen LogP contribution in [0.1, 0.15) is 36.8 Å². The normalized spacial score (nSPS) is 19.0. The van der Waals surface area contributed by atoms with Gasteiger partial charge in [0.2, 0.25) is 0 Å². The first-order chi connectivity index (χ1) is 14.6. The number of pyridine rings is 1. The van der Waals surface area contributed by atoms with E-state index in [0.29, 0.717) is 6.04 Å². The van der Waals surface area contributed by atoms with Crippen molar-refractivity contribution in [3.8, 4) is 0 Å². The van der Waals surface area contributed by atoms with Crippen LogP contribution in [0, 0.1) is 12.8 Å². The standard InChI is InChI=1S/C26H34N4/c1-19-8-4-5-9-21(19)18-27-17-20-12-14-22(15-13-20)28-26-16-25(30(2)3)23-10-6-7-11-24(23)29-26/h4-11,16,20,22,27H,12-15,17-18H2,1-3H3,(H,28,29). The molecule has 0 unspecified atom stereocenters. The van der Waals surface area contributed by atoms with Crippen molar-refractivity contribution in [2.24, 2.45) is 5.92 Å². The zero-order valence-electron chi connectivity index (χ0n) is 18.5. The second-order valence-electron chi connectivity index (χ2n) is 8.86. The van der Waals surface area contributed by atoms with Crippen molar-refractivity contribution in [3.05, 3.63) is 65.7 Å². The maximum atomic E-state index is 4.87. The summed E-state index contributed by atoms with van der Waals surface area (Å²) in [6.45, 7) is 4.27. The van der Waals surface area contributed by atoms with Gasteiger partial charge in [0.1, 0.15) is 5.82 Å². The Morgan fingerprint density at radius 3 is 2.47 bits per heavy atom. The number of benzene rings is 2. The van der Waals surface area contributed by atoms with E-state index in [1.807, 2.05) is 0 Å². The molecule has 30 heavy (non-hydrogen) atoms. The Morgan fingerprint density at radius 2 is 1.70 bits per heavy atom. The fourth-order valence-corrected chi connectivity index (χ4v) is 4.54. The Bertz CT molecular complexity index is 974. The van der Waals surface area contributed by atoms with Crippen LogP contribution in [0.4, 0.5) is 11.5 Å². The minimum atomic E-state index is 0.515. The van der Waals surface area contributed by atoms with E-state index in [4.69, 9.17) is 4.98 Å². The van der Waals surface area contributed by atoms with Gasteiger partial charge in [-0.05, 0) is 62.3 Å². The first-order valence-corrected chi connectivity index (χ1v) is 11.2. The van der Waals surface area contributed by atoms with Crippen molar-refractivity contribution >= 4 is 22.4 Å². The predicted molar refractivity (Wildman–Crippen MR) is 128 cm³/mol. The maximum absolute atomic E-state index is 4.87. The summed E-state index contributed by atoms with van der Waals surface area (Å²) in [5, 5.41) is 8.60. The highest BCUT2D eigenvalue weighted by atomic mass is 15.1. The molecule has 1 fully saturated rings. The summed E-state index contributed by atoms with van der Waals surface area (Å²) >= 11 is 0. The first kappa shape index (κ1) is 20.7. The van der Waals surface area contributed by atoms with Gasteiger partial charge in [-0.25, -0.2) is 4.98 Å². The molecule has 1 aromatic heterocycles. The van der Waals surface area contributed by atoms with E-state index in [2.05, 4.69) is 91.1 Å². The van der Waals surface area contributed by atoms with Gasteiger partial charge in [0.25, 0.3) is 0 Å². The SMILES string of the molecule is Cc1ccccc1CNCC1CCC(Nc2cc(N(C)C)c3ccccc3n2)CC1. The third-order valence-electron chi connectivity index (χ3n) is 6.38. The second-order valence-corrected chi connectivity index (χ2v) is 8.86. The predicted octanol–water partition coefficient (Wildman–Crippen LogP) is 5.37. The van der Waals surface area contributed by atoms with Gasteiger partial charge in [-0.2, -0.15) is 0 Å². The maximum Gasteiger partial charge on any atom is 0.128 e. The number of rotatable bonds is 7. The zero-order chi connectivity index (χ0) is 20.9. The summed E-state index contributed by atoms with van der Waals surface area (Å²) in [6, 6.07) is 19.8. The summed E-state index contributed by atoms with van der Waals surface area (Å²) < 4.78 is 0. The van der Waals surface area contributed by atoms with Crippen LogP contribution in [0.5, 0.6) is 0 Å². The molecule has 0 atom stereocenters. The number of anilines is 2. The van der Waals surface area contributed by atoms with Crippen LogP contribution in [-0.4, -0.2) is 31.7 Å². The number of nitrogens with one attached hydrogen (secondary N) is 2. The zero-order valence-corrected chi connectivity index (χ0v) is 18.5. The molecule has 2 N–H and O–H groups in total. The van der Waals surface area contributed by atoms with E-state index < -0.39 is 0 Å². The van der Waals surface area contributed by atoms with Gasteiger partial charge in [0.05, 0.1) is 5.52 Å². The van der Waals surface area contributed by atoms with Crippen LogP contribution in [0.2, 0.25) is 0 Å². The van der Waals surface area contributed by atoms with Gasteiger partial charge in [0, 0.05) is 43.8 Å². The number of aromatic nitrogens is 1. The quantitative estimate of drug-likeness (QED) is 0.557. The van der Waals surface area contributed by atoms with E-state index in [1.165, 1.54) is 47.9 Å². The fourth-order valence-electron chi connectivity index (χ4n) is 4.54. The molecular weight excluding hydrogens is 368 g/mol. The van der Waals surface area contributed by atoms with Crippen molar-refractivity contribution in [1.82, 2.24) is 10.3 Å². The van der Waals surface area contributed by atoms with Gasteiger partial charge in [-0.3, -0.25) is 0 Å². The molecule has 2 aromatic carbocycles. The highest BCUT2D eigenvalue weighted by molar-refractivity contribution is 5.93. The second kappa shape index (κ2) is 9.48. The van der Waals surface area contributed by atoms with Gasteiger partial charge >= 0.3 is 0 Å². The van der Waals surface area contributed by atoms with E-state index in [9.17, 15) is 0 Å². The van der Waals surface area contributed by atoms with E-state index in [1.54, 1.807) is 0 Å². The Hall–Kier alpha value is -2.59. The number of para-hydroxylation sites is 1. The number of hydrogen-bond acceptors (Lipinski definition) is 4. The monoisotopic (exact) mass is 402 g/mol. The molecule has 1 heterocycles. The van der Waals surface area contributed by atoms with Crippen molar-refractivity contribution < 1.29 is 0 Å². The van der Waals surface area contributed by atoms with Crippen LogP contribution in [-0.2, 0) is 6.54 Å². The molecule has 4 nitrogen and oxygen atoms in total. The molecule has 4 heteroatoms. The minimum absolute atomic E-state index is 0.515. The van der Waals surface area contributed by atoms with Crippen LogP contribution >= 0.6 is 0 Å². The average Bonchev–Trinajstić information content (AvgIpc) is 2.75. The molecule has 1 aliphatic carbocycles. The third kappa shape index (κ3) is 4.93. The Labute approximate surface area is 180 Å². The van der Waals surface area contributed by atoms with Crippen molar-refractivity contribution in [3.63, 3.8) is 0 Å². The summed E-state index contributed by atoms with van der Waals surface area (Å²) in [7, 11) is 4.20. The summed E-state index contributed by atoms with van der Waals surface area (Å²) in [6.07, 6.45) is 4.96. The number of aryl methyl sites for hydroxylation is 1. The van der Waals surface area contributed by atoms with Crippen molar-refractivity contribution in [2.75, 3.05) is 30.9 Å². The highest BCUT2D eigenvalue weighted by Crippen LogP contribution is 2.30. The average molecular weight is 403 g/mol. The lowest BCUT2D eigenvalue weighted by atomic mass is 9.86. The Kier molecular flexibility index (Phi) is 6.53. The lowest BCUT2D eigenvalue weighted by Crippen LogP contribution is -2.31. The molecule has 0 saturated heterocycles. The minimum Gasteiger partial charge on any atom is -0.377 e. The fraction of sp³-hybridized carbons (Fsp3) is 0.423. The van der Waals surface area contributed by atoms with E-state index in [0.717, 1.165) is 30.3 Å². The van der Waals surface area contributed by atoms with Crippen LogP contribution in [0.15, 0.2) is 54.6 Å². The van der Waals surface area contributed by atoms with Gasteiger partial charge < -0.3 is 15.5 Å². The van der Waals surface area contributed by atoms with Crippen molar-refractivity contribution in [1.29, 1.82) is 0 Å². The summed E-state index contributed by atoms with van der Waals surface area (Å²) in [5.74, 6) is 1.77. The van der Waals surface area contributed by atoms with Crippen molar-refractivity contribution in [2.45, 2.75) is 45.2 Å². The molecule has 0 aliphatic heterocycles. The third-order valence-corrected chi connectivity index (χ3v) is 6.38. The van der Waals surface area contributed by atoms with E-state index in [-0.39, 0.29) is 0 Å². The largest absolute Gasteiger partial charge is 0.377 e. The van der Waals surface area contributed by atoms with Crippen LogP contribution < -0.4 is 15.5 Å². The van der Waals surface area contributed by atoms with Crippen LogP contribution in [0.25, 0.3) is 10.9 Å². The molecular formula is C26H34N4. The molecule has 0 spiro atoms. The summed E-state index contributed by atoms with van der Waals surface area (Å²) in [4.78, 5) is 7.05. The Morgan fingerprint density at radius 1 is 0.967 bits per heavy atom. The first-order valence-electron chi connectivity index (χ1n) is 11.2. The van der Waals surface area contributed by atoms with E-state index >= 15 is 0 Å². The highest BCUT2D eigenvalue weighted by Gasteiger charge is 2.21.